The lowest BCUT2D eigenvalue weighted by Crippen LogP contribution is -2.49. The Labute approximate surface area is 187 Å². The first-order valence-corrected chi connectivity index (χ1v) is 10.1. The summed E-state index contributed by atoms with van der Waals surface area (Å²) in [7, 11) is 0. The highest BCUT2D eigenvalue weighted by Gasteiger charge is 2.33. The summed E-state index contributed by atoms with van der Waals surface area (Å²) in [5.41, 5.74) is 2.44. The molecule has 1 aliphatic heterocycles. The number of halogens is 3. The van der Waals surface area contributed by atoms with Crippen LogP contribution in [0.5, 0.6) is 0 Å². The van der Waals surface area contributed by atoms with E-state index in [9.17, 15) is 23.2 Å². The second-order valence-corrected chi connectivity index (χ2v) is 7.80. The molecular formula is C22H21F3N5O3-. The van der Waals surface area contributed by atoms with Crippen molar-refractivity contribution < 1.29 is 23.2 Å². The van der Waals surface area contributed by atoms with Crippen LogP contribution < -0.4 is 10.5 Å². The number of aromatic nitrogens is 2. The van der Waals surface area contributed by atoms with Gasteiger partial charge in [-0.3, -0.25) is 14.9 Å². The molecule has 1 aromatic heterocycles. The maximum Gasteiger partial charge on any atom is 0.416 e. The Kier molecular flexibility index (Phi) is 6.36. The molecule has 0 spiro atoms. The quantitative estimate of drug-likeness (QED) is 0.487. The summed E-state index contributed by atoms with van der Waals surface area (Å²) in [5, 5.41) is 22.6. The Hall–Kier alpha value is -3.41. The average molecular weight is 460 g/mol. The lowest BCUT2D eigenvalue weighted by atomic mass is 10.0. The molecule has 33 heavy (non-hydrogen) atoms. The third kappa shape index (κ3) is 5.33. The van der Waals surface area contributed by atoms with E-state index < -0.39 is 17.8 Å². The standard InChI is InChI=1S/C22H21F3N5O3/c23-22(24,25)16-5-1-14(2-6-16)10-26-21(31)20-9-18-19(28-13-27-18)12-29(20)11-15-3-7-17(8-4-15)30(32)33/h1-8,13,20,32H,9-12H2,(H,26,31)(H,27,28)/q-1/t20-/m0/s1. The number of hydrogen-bond acceptors (Lipinski definition) is 6. The molecule has 11 heteroatoms. The minimum Gasteiger partial charge on any atom is -0.733 e. The van der Waals surface area contributed by atoms with Crippen LogP contribution in [-0.4, -0.2) is 32.0 Å². The van der Waals surface area contributed by atoms with E-state index in [0.717, 1.165) is 29.1 Å². The lowest BCUT2D eigenvalue weighted by molar-refractivity contribution is -0.137. The van der Waals surface area contributed by atoms with Crippen molar-refractivity contribution in [1.29, 1.82) is 0 Å². The molecule has 1 aliphatic rings. The van der Waals surface area contributed by atoms with Crippen molar-refractivity contribution in [1.82, 2.24) is 20.2 Å². The molecule has 0 fully saturated rings. The number of H-pyrrole nitrogens is 1. The number of benzene rings is 2. The molecule has 2 aromatic carbocycles. The second-order valence-electron chi connectivity index (χ2n) is 7.80. The number of rotatable bonds is 6. The van der Waals surface area contributed by atoms with Crippen molar-refractivity contribution in [3.8, 4) is 0 Å². The molecule has 0 radical (unpaired) electrons. The summed E-state index contributed by atoms with van der Waals surface area (Å²) in [5.74, 6) is -0.263. The number of carbonyl (C=O) groups is 1. The summed E-state index contributed by atoms with van der Waals surface area (Å²) < 4.78 is 38.2. The van der Waals surface area contributed by atoms with Crippen LogP contribution in [0.1, 0.15) is 28.1 Å². The van der Waals surface area contributed by atoms with Crippen LogP contribution in [0.2, 0.25) is 0 Å². The Balaban J connectivity index is 1.45. The number of anilines is 1. The summed E-state index contributed by atoms with van der Waals surface area (Å²) in [6.07, 6.45) is -2.46. The third-order valence-electron chi connectivity index (χ3n) is 5.59. The van der Waals surface area contributed by atoms with Crippen molar-refractivity contribution in [2.24, 2.45) is 0 Å². The van der Waals surface area contributed by atoms with E-state index in [4.69, 9.17) is 5.21 Å². The summed E-state index contributed by atoms with van der Waals surface area (Å²) in [6.45, 7) is 0.948. The van der Waals surface area contributed by atoms with Crippen LogP contribution in [0.4, 0.5) is 18.9 Å². The van der Waals surface area contributed by atoms with Gasteiger partial charge in [-0.25, -0.2) is 4.98 Å². The number of alkyl halides is 3. The van der Waals surface area contributed by atoms with E-state index in [-0.39, 0.29) is 23.4 Å². The molecule has 0 saturated heterocycles. The van der Waals surface area contributed by atoms with E-state index in [0.29, 0.717) is 25.1 Å². The Morgan fingerprint density at radius 3 is 2.48 bits per heavy atom. The molecule has 1 amide bonds. The number of hydrogen-bond donors (Lipinski definition) is 3. The highest BCUT2D eigenvalue weighted by molar-refractivity contribution is 5.82. The predicted octanol–water partition coefficient (Wildman–Crippen LogP) is 3.37. The van der Waals surface area contributed by atoms with Crippen molar-refractivity contribution in [2.45, 2.75) is 38.3 Å². The fraction of sp³-hybridized carbons (Fsp3) is 0.273. The topological polar surface area (TPSA) is 108 Å². The SMILES string of the molecule is O=C(NCc1ccc(C(F)(F)F)cc1)[C@@H]1Cc2nc[nH]c2CN1Cc1ccc(N([O-])O)cc1. The largest absolute Gasteiger partial charge is 0.733 e. The highest BCUT2D eigenvalue weighted by Crippen LogP contribution is 2.29. The van der Waals surface area contributed by atoms with Gasteiger partial charge >= 0.3 is 6.18 Å². The molecule has 1 atom stereocenters. The van der Waals surface area contributed by atoms with E-state index >= 15 is 0 Å². The Bertz CT molecular complexity index is 1100. The molecule has 0 saturated carbocycles. The maximum atomic E-state index is 13.0. The molecule has 0 aliphatic carbocycles. The Morgan fingerprint density at radius 2 is 1.85 bits per heavy atom. The van der Waals surface area contributed by atoms with Gasteiger partial charge in [0.05, 0.1) is 35.0 Å². The number of aromatic amines is 1. The van der Waals surface area contributed by atoms with Gasteiger partial charge < -0.3 is 20.7 Å². The van der Waals surface area contributed by atoms with Crippen molar-refractivity contribution >= 4 is 11.6 Å². The van der Waals surface area contributed by atoms with Crippen LogP contribution in [0.25, 0.3) is 0 Å². The third-order valence-corrected chi connectivity index (χ3v) is 5.59. The van der Waals surface area contributed by atoms with Crippen LogP contribution in [-0.2, 0) is 37.0 Å². The number of nitrogens with one attached hydrogen (secondary N) is 2. The molecule has 2 heterocycles. The van der Waals surface area contributed by atoms with Gasteiger partial charge in [0, 0.05) is 26.1 Å². The van der Waals surface area contributed by atoms with Gasteiger partial charge in [0.2, 0.25) is 5.91 Å². The normalized spacial score (nSPS) is 16.3. The lowest BCUT2D eigenvalue weighted by Gasteiger charge is -2.34. The fourth-order valence-corrected chi connectivity index (χ4v) is 3.79. The molecule has 174 valence electrons. The molecule has 8 nitrogen and oxygen atoms in total. The summed E-state index contributed by atoms with van der Waals surface area (Å²) >= 11 is 0. The summed E-state index contributed by atoms with van der Waals surface area (Å²) in [6, 6.07) is 10.5. The number of nitrogens with zero attached hydrogens (tertiary/aromatic N) is 3. The van der Waals surface area contributed by atoms with Crippen molar-refractivity contribution in [3.63, 3.8) is 0 Å². The van der Waals surface area contributed by atoms with Gasteiger partial charge in [-0.15, -0.1) is 0 Å². The van der Waals surface area contributed by atoms with Gasteiger partial charge in [-0.05, 0) is 35.4 Å². The minimum absolute atomic E-state index is 0.0964. The van der Waals surface area contributed by atoms with Gasteiger partial charge in [-0.1, -0.05) is 24.3 Å². The molecule has 0 bridgehead atoms. The van der Waals surface area contributed by atoms with E-state index in [2.05, 4.69) is 15.3 Å². The van der Waals surface area contributed by atoms with E-state index in [1.807, 2.05) is 4.90 Å². The Morgan fingerprint density at radius 1 is 1.18 bits per heavy atom. The highest BCUT2D eigenvalue weighted by atomic mass is 19.4. The second kappa shape index (κ2) is 9.22. The first-order valence-electron chi connectivity index (χ1n) is 10.1. The summed E-state index contributed by atoms with van der Waals surface area (Å²) in [4.78, 5) is 22.3. The average Bonchev–Trinajstić information content (AvgIpc) is 3.24. The first kappa shape index (κ1) is 22.8. The minimum atomic E-state index is -4.41. The monoisotopic (exact) mass is 460 g/mol. The first-order chi connectivity index (χ1) is 15.7. The zero-order chi connectivity index (χ0) is 23.6. The van der Waals surface area contributed by atoms with E-state index in [1.165, 1.54) is 24.3 Å². The molecule has 4 rings (SSSR count). The van der Waals surface area contributed by atoms with Gasteiger partial charge in [0.1, 0.15) is 0 Å². The predicted molar refractivity (Wildman–Crippen MR) is 113 cm³/mol. The molecule has 0 unspecified atom stereocenters. The zero-order valence-electron chi connectivity index (χ0n) is 17.3. The zero-order valence-corrected chi connectivity index (χ0v) is 17.3. The van der Waals surface area contributed by atoms with E-state index in [1.54, 1.807) is 18.5 Å². The number of carbonyl (C=O) groups excluding carboxylic acids is 1. The van der Waals surface area contributed by atoms with Crippen molar-refractivity contribution in [2.75, 3.05) is 5.23 Å². The number of fused-ring (bicyclic) bond motifs is 1. The van der Waals surface area contributed by atoms with Gasteiger partial charge in [0.15, 0.2) is 0 Å². The van der Waals surface area contributed by atoms with Crippen LogP contribution in [0.3, 0.4) is 0 Å². The van der Waals surface area contributed by atoms with Crippen LogP contribution in [0, 0.1) is 5.21 Å². The molecule has 3 N–H and O–H groups in total. The maximum absolute atomic E-state index is 13.0. The van der Waals surface area contributed by atoms with Gasteiger partial charge in [0.25, 0.3) is 0 Å². The smallest absolute Gasteiger partial charge is 0.416 e. The van der Waals surface area contributed by atoms with Gasteiger partial charge in [-0.2, -0.15) is 13.2 Å². The fourth-order valence-electron chi connectivity index (χ4n) is 3.79. The number of amides is 1. The molecular weight excluding hydrogens is 439 g/mol. The molecule has 3 aromatic rings. The van der Waals surface area contributed by atoms with Crippen LogP contribution >= 0.6 is 0 Å². The number of imidazole rings is 1. The van der Waals surface area contributed by atoms with Crippen LogP contribution in [0.15, 0.2) is 54.9 Å². The van der Waals surface area contributed by atoms with Crippen molar-refractivity contribution in [3.05, 3.63) is 88.1 Å².